The Labute approximate surface area is 171 Å². The second-order valence-corrected chi connectivity index (χ2v) is 6.52. The van der Waals surface area contributed by atoms with Crippen molar-refractivity contribution in [2.24, 2.45) is 4.99 Å². The van der Waals surface area contributed by atoms with E-state index in [1.165, 1.54) is 0 Å². The number of rotatable bonds is 7. The number of likely N-dealkylation sites (tertiary alicyclic amines) is 1. The van der Waals surface area contributed by atoms with Crippen molar-refractivity contribution in [2.75, 3.05) is 39.3 Å². The molecule has 3 rings (SSSR count). The molecule has 2 aliphatic rings. The van der Waals surface area contributed by atoms with Crippen molar-refractivity contribution >= 4 is 35.8 Å². The van der Waals surface area contributed by atoms with Crippen molar-refractivity contribution in [1.82, 2.24) is 15.5 Å². The third kappa shape index (κ3) is 6.79. The van der Waals surface area contributed by atoms with Gasteiger partial charge < -0.3 is 24.7 Å². The number of carbonyl (C=O) groups is 1. The SMILES string of the molecule is I.O=C(CN=C(NCCc1ccco1)NCC1CCCO1)N1CCCC1. The lowest BCUT2D eigenvalue weighted by atomic mass is 10.2. The molecule has 0 aromatic carbocycles. The molecule has 0 saturated carbocycles. The van der Waals surface area contributed by atoms with Crippen molar-refractivity contribution in [1.29, 1.82) is 0 Å². The number of furan rings is 1. The van der Waals surface area contributed by atoms with Crippen molar-refractivity contribution < 1.29 is 13.9 Å². The van der Waals surface area contributed by atoms with Gasteiger partial charge in [-0.2, -0.15) is 0 Å². The fraction of sp³-hybridized carbons (Fsp3) is 0.667. The van der Waals surface area contributed by atoms with Crippen LogP contribution in [0.2, 0.25) is 0 Å². The second-order valence-electron chi connectivity index (χ2n) is 6.52. The van der Waals surface area contributed by atoms with Crippen molar-refractivity contribution in [3.63, 3.8) is 0 Å². The van der Waals surface area contributed by atoms with E-state index in [1.807, 2.05) is 17.0 Å². The molecule has 26 heavy (non-hydrogen) atoms. The Hall–Kier alpha value is -1.29. The molecule has 7 nitrogen and oxygen atoms in total. The maximum absolute atomic E-state index is 12.2. The van der Waals surface area contributed by atoms with Crippen LogP contribution in [0.1, 0.15) is 31.4 Å². The lowest BCUT2D eigenvalue weighted by molar-refractivity contribution is -0.128. The monoisotopic (exact) mass is 476 g/mol. The molecule has 1 aromatic rings. The van der Waals surface area contributed by atoms with E-state index in [0.717, 1.165) is 57.6 Å². The molecular weight excluding hydrogens is 447 g/mol. The van der Waals surface area contributed by atoms with E-state index in [1.54, 1.807) is 6.26 Å². The minimum Gasteiger partial charge on any atom is -0.469 e. The number of nitrogens with one attached hydrogen (secondary N) is 2. The maximum atomic E-state index is 12.2. The van der Waals surface area contributed by atoms with Gasteiger partial charge in [0.2, 0.25) is 5.91 Å². The molecule has 2 aliphatic heterocycles. The number of hydrogen-bond donors (Lipinski definition) is 2. The van der Waals surface area contributed by atoms with Gasteiger partial charge in [-0.3, -0.25) is 4.79 Å². The summed E-state index contributed by atoms with van der Waals surface area (Å²) in [6.45, 7) is 4.14. The highest BCUT2D eigenvalue weighted by Gasteiger charge is 2.18. The van der Waals surface area contributed by atoms with Crippen LogP contribution in [-0.4, -0.2) is 62.2 Å². The van der Waals surface area contributed by atoms with Crippen LogP contribution in [0.5, 0.6) is 0 Å². The summed E-state index contributed by atoms with van der Waals surface area (Å²) in [4.78, 5) is 18.6. The number of amides is 1. The third-order valence-electron chi connectivity index (χ3n) is 4.60. The number of carbonyl (C=O) groups excluding carboxylic acids is 1. The first-order valence-corrected chi connectivity index (χ1v) is 9.25. The summed E-state index contributed by atoms with van der Waals surface area (Å²) in [6, 6.07) is 3.84. The van der Waals surface area contributed by atoms with Gasteiger partial charge in [-0.05, 0) is 37.8 Å². The Kier molecular flexibility index (Phi) is 9.24. The average Bonchev–Trinajstić information content (AvgIpc) is 3.39. The van der Waals surface area contributed by atoms with Gasteiger partial charge in [0.1, 0.15) is 12.3 Å². The molecule has 2 fully saturated rings. The first-order chi connectivity index (χ1) is 12.3. The molecule has 0 radical (unpaired) electrons. The van der Waals surface area contributed by atoms with Crippen LogP contribution in [-0.2, 0) is 16.0 Å². The molecule has 1 aromatic heterocycles. The molecular formula is C18H29IN4O3. The van der Waals surface area contributed by atoms with Gasteiger partial charge in [-0.1, -0.05) is 0 Å². The van der Waals surface area contributed by atoms with E-state index in [0.29, 0.717) is 19.0 Å². The molecule has 1 atom stereocenters. The number of nitrogens with zero attached hydrogens (tertiary/aromatic N) is 2. The van der Waals surface area contributed by atoms with Crippen molar-refractivity contribution in [2.45, 2.75) is 38.2 Å². The van der Waals surface area contributed by atoms with E-state index in [-0.39, 0.29) is 42.5 Å². The van der Waals surface area contributed by atoms with Crippen molar-refractivity contribution in [3.8, 4) is 0 Å². The molecule has 0 spiro atoms. The van der Waals surface area contributed by atoms with E-state index in [4.69, 9.17) is 9.15 Å². The first kappa shape index (κ1) is 21.0. The van der Waals surface area contributed by atoms with Crippen LogP contribution in [0.15, 0.2) is 27.8 Å². The molecule has 2 saturated heterocycles. The van der Waals surface area contributed by atoms with Crippen LogP contribution >= 0.6 is 24.0 Å². The van der Waals surface area contributed by atoms with E-state index < -0.39 is 0 Å². The number of halogens is 1. The average molecular weight is 476 g/mol. The molecule has 8 heteroatoms. The van der Waals surface area contributed by atoms with E-state index in [9.17, 15) is 4.79 Å². The fourth-order valence-corrected chi connectivity index (χ4v) is 3.16. The summed E-state index contributed by atoms with van der Waals surface area (Å²) in [5.41, 5.74) is 0. The van der Waals surface area contributed by atoms with Crippen LogP contribution in [0.25, 0.3) is 0 Å². The molecule has 3 heterocycles. The zero-order valence-corrected chi connectivity index (χ0v) is 17.4. The number of guanidine groups is 1. The number of ether oxygens (including phenoxy) is 1. The summed E-state index contributed by atoms with van der Waals surface area (Å²) in [5.74, 6) is 1.69. The van der Waals surface area contributed by atoms with Gasteiger partial charge in [0.15, 0.2) is 5.96 Å². The summed E-state index contributed by atoms with van der Waals surface area (Å²) in [5, 5.41) is 6.58. The van der Waals surface area contributed by atoms with Crippen LogP contribution in [0.3, 0.4) is 0 Å². The predicted octanol–water partition coefficient (Wildman–Crippen LogP) is 1.78. The fourth-order valence-electron chi connectivity index (χ4n) is 3.16. The lowest BCUT2D eigenvalue weighted by Crippen LogP contribution is -2.42. The Morgan fingerprint density at radius 1 is 1.27 bits per heavy atom. The summed E-state index contributed by atoms with van der Waals surface area (Å²) >= 11 is 0. The normalized spacial score (nSPS) is 20.1. The van der Waals surface area contributed by atoms with Gasteiger partial charge in [0.05, 0.1) is 12.4 Å². The topological polar surface area (TPSA) is 79.1 Å². The highest BCUT2D eigenvalue weighted by molar-refractivity contribution is 14.0. The Morgan fingerprint density at radius 2 is 2.12 bits per heavy atom. The minimum absolute atomic E-state index is 0. The quantitative estimate of drug-likeness (QED) is 0.357. The number of aliphatic imine (C=N–C) groups is 1. The van der Waals surface area contributed by atoms with Gasteiger partial charge >= 0.3 is 0 Å². The minimum atomic E-state index is 0. The molecule has 1 amide bonds. The Bertz CT molecular complexity index is 553. The second kappa shape index (κ2) is 11.4. The molecule has 0 bridgehead atoms. The van der Waals surface area contributed by atoms with Gasteiger partial charge in [0, 0.05) is 39.2 Å². The summed E-state index contributed by atoms with van der Waals surface area (Å²) in [7, 11) is 0. The highest BCUT2D eigenvalue weighted by Crippen LogP contribution is 2.10. The highest BCUT2D eigenvalue weighted by atomic mass is 127. The Morgan fingerprint density at radius 3 is 2.81 bits per heavy atom. The predicted molar refractivity (Wildman–Crippen MR) is 111 cm³/mol. The summed E-state index contributed by atoms with van der Waals surface area (Å²) < 4.78 is 11.0. The first-order valence-electron chi connectivity index (χ1n) is 9.25. The Balaban J connectivity index is 0.00000243. The largest absolute Gasteiger partial charge is 0.469 e. The zero-order valence-electron chi connectivity index (χ0n) is 15.1. The lowest BCUT2D eigenvalue weighted by Gasteiger charge is -2.17. The number of hydrogen-bond acceptors (Lipinski definition) is 4. The standard InChI is InChI=1S/C18H28N4O3.HI/c23-17(22-9-1-2-10-22)14-21-18(20-13-16-6-4-12-25-16)19-8-7-15-5-3-11-24-15;/h3,5,11,16H,1-2,4,6-10,12-14H2,(H2,19,20,21);1H. The summed E-state index contributed by atoms with van der Waals surface area (Å²) in [6.07, 6.45) is 7.05. The molecule has 1 unspecified atom stereocenters. The van der Waals surface area contributed by atoms with Gasteiger partial charge in [0.25, 0.3) is 0 Å². The van der Waals surface area contributed by atoms with E-state index >= 15 is 0 Å². The van der Waals surface area contributed by atoms with Crippen LogP contribution in [0.4, 0.5) is 0 Å². The third-order valence-corrected chi connectivity index (χ3v) is 4.60. The molecule has 146 valence electrons. The van der Waals surface area contributed by atoms with Crippen LogP contribution < -0.4 is 10.6 Å². The van der Waals surface area contributed by atoms with Gasteiger partial charge in [-0.15, -0.1) is 24.0 Å². The maximum Gasteiger partial charge on any atom is 0.244 e. The molecule has 0 aliphatic carbocycles. The van der Waals surface area contributed by atoms with Crippen molar-refractivity contribution in [3.05, 3.63) is 24.2 Å². The van der Waals surface area contributed by atoms with Gasteiger partial charge in [-0.25, -0.2) is 4.99 Å². The van der Waals surface area contributed by atoms with E-state index in [2.05, 4.69) is 15.6 Å². The molecule has 2 N–H and O–H groups in total. The smallest absolute Gasteiger partial charge is 0.244 e. The zero-order chi connectivity index (χ0) is 17.3. The van der Waals surface area contributed by atoms with Crippen LogP contribution in [0, 0.1) is 0 Å².